The molecule has 0 radical (unpaired) electrons. The Hall–Kier alpha value is -2.18. The van der Waals surface area contributed by atoms with Gasteiger partial charge in [0.15, 0.2) is 9.84 Å². The number of carbonyl (C=O) groups excluding carboxylic acids is 1. The molecule has 0 saturated carbocycles. The molecule has 1 amide bonds. The highest BCUT2D eigenvalue weighted by Gasteiger charge is 2.43. The molecular formula is C18H19NO4S. The van der Waals surface area contributed by atoms with Gasteiger partial charge in [-0.05, 0) is 30.7 Å². The van der Waals surface area contributed by atoms with E-state index >= 15 is 0 Å². The maximum atomic E-state index is 13.1. The van der Waals surface area contributed by atoms with Crippen LogP contribution < -0.4 is 4.90 Å². The minimum atomic E-state index is -3.37. The van der Waals surface area contributed by atoms with Gasteiger partial charge in [-0.25, -0.2) is 8.42 Å². The molecule has 1 saturated heterocycles. The maximum Gasteiger partial charge on any atom is 0.258 e. The molecule has 0 aromatic heterocycles. The summed E-state index contributed by atoms with van der Waals surface area (Å²) in [6.07, 6.45) is -1.10. The number of carbonyl (C=O) groups is 1. The van der Waals surface area contributed by atoms with E-state index in [0.717, 1.165) is 5.56 Å². The third kappa shape index (κ3) is 3.20. The van der Waals surface area contributed by atoms with Gasteiger partial charge in [-0.2, -0.15) is 0 Å². The van der Waals surface area contributed by atoms with E-state index in [1.807, 2.05) is 25.1 Å². The van der Waals surface area contributed by atoms with Crippen molar-refractivity contribution in [2.45, 2.75) is 19.1 Å². The summed E-state index contributed by atoms with van der Waals surface area (Å²) in [6, 6.07) is 15.2. The first kappa shape index (κ1) is 16.7. The van der Waals surface area contributed by atoms with Gasteiger partial charge in [0.05, 0.1) is 23.7 Å². The Morgan fingerprint density at radius 2 is 1.67 bits per heavy atom. The predicted molar refractivity (Wildman–Crippen MR) is 92.9 cm³/mol. The second-order valence-corrected chi connectivity index (χ2v) is 8.19. The van der Waals surface area contributed by atoms with Gasteiger partial charge in [-0.3, -0.25) is 4.79 Å². The first-order chi connectivity index (χ1) is 11.4. The number of benzene rings is 2. The summed E-state index contributed by atoms with van der Waals surface area (Å²) in [5.41, 5.74) is 1.92. The van der Waals surface area contributed by atoms with Crippen molar-refractivity contribution >= 4 is 21.4 Å². The Kier molecular flexibility index (Phi) is 4.43. The number of para-hydroxylation sites is 1. The van der Waals surface area contributed by atoms with Crippen molar-refractivity contribution in [1.29, 1.82) is 0 Å². The van der Waals surface area contributed by atoms with E-state index in [1.54, 1.807) is 36.4 Å². The van der Waals surface area contributed by atoms with Gasteiger partial charge in [0.2, 0.25) is 0 Å². The van der Waals surface area contributed by atoms with Crippen LogP contribution in [0.2, 0.25) is 0 Å². The first-order valence-corrected chi connectivity index (χ1v) is 9.54. The topological polar surface area (TPSA) is 74.7 Å². The molecule has 126 valence electrons. The van der Waals surface area contributed by atoms with Gasteiger partial charge in [-0.1, -0.05) is 36.4 Å². The monoisotopic (exact) mass is 345 g/mol. The van der Waals surface area contributed by atoms with E-state index in [2.05, 4.69) is 0 Å². The SMILES string of the molecule is Cc1ccccc1N(C(=O)c1ccccc1)C1CS(=O)(=O)CC1O. The molecule has 0 aliphatic carbocycles. The van der Waals surface area contributed by atoms with Crippen LogP contribution in [0.15, 0.2) is 54.6 Å². The molecule has 5 nitrogen and oxygen atoms in total. The van der Waals surface area contributed by atoms with E-state index in [1.165, 1.54) is 4.90 Å². The lowest BCUT2D eigenvalue weighted by molar-refractivity contribution is 0.0945. The zero-order valence-corrected chi connectivity index (χ0v) is 14.1. The average Bonchev–Trinajstić information content (AvgIpc) is 2.83. The zero-order valence-electron chi connectivity index (χ0n) is 13.3. The van der Waals surface area contributed by atoms with Crippen LogP contribution in [-0.2, 0) is 9.84 Å². The number of rotatable bonds is 3. The zero-order chi connectivity index (χ0) is 17.3. The molecule has 2 aromatic rings. The summed E-state index contributed by atoms with van der Waals surface area (Å²) in [4.78, 5) is 14.5. The fraction of sp³-hybridized carbons (Fsp3) is 0.278. The van der Waals surface area contributed by atoms with Gasteiger partial charge in [0, 0.05) is 11.3 Å². The van der Waals surface area contributed by atoms with E-state index < -0.39 is 22.0 Å². The lowest BCUT2D eigenvalue weighted by Crippen LogP contribution is -2.47. The summed E-state index contributed by atoms with van der Waals surface area (Å²) < 4.78 is 23.9. The van der Waals surface area contributed by atoms with Crippen LogP contribution in [0.4, 0.5) is 5.69 Å². The van der Waals surface area contributed by atoms with Gasteiger partial charge < -0.3 is 10.0 Å². The predicted octanol–water partition coefficient (Wildman–Crippen LogP) is 1.80. The number of hydrogen-bond donors (Lipinski definition) is 1. The number of aliphatic hydroxyl groups is 1. The van der Waals surface area contributed by atoms with Gasteiger partial charge >= 0.3 is 0 Å². The second-order valence-electron chi connectivity index (χ2n) is 6.04. The normalized spacial score (nSPS) is 22.2. The molecule has 1 heterocycles. The quantitative estimate of drug-likeness (QED) is 0.920. The summed E-state index contributed by atoms with van der Waals surface area (Å²) in [5, 5.41) is 10.3. The van der Waals surface area contributed by atoms with Gasteiger partial charge in [0.1, 0.15) is 0 Å². The Bertz CT molecular complexity index is 848. The third-order valence-electron chi connectivity index (χ3n) is 4.24. The van der Waals surface area contributed by atoms with Gasteiger partial charge in [0.25, 0.3) is 5.91 Å². The molecule has 2 atom stereocenters. The maximum absolute atomic E-state index is 13.1. The van der Waals surface area contributed by atoms with Crippen LogP contribution in [0.5, 0.6) is 0 Å². The fourth-order valence-electron chi connectivity index (χ4n) is 3.05. The summed E-state index contributed by atoms with van der Waals surface area (Å²) >= 11 is 0. The molecule has 2 unspecified atom stereocenters. The Labute approximate surface area is 141 Å². The molecule has 0 spiro atoms. The molecule has 1 aliphatic heterocycles. The van der Waals surface area contributed by atoms with Crippen molar-refractivity contribution in [2.24, 2.45) is 0 Å². The lowest BCUT2D eigenvalue weighted by Gasteiger charge is -2.31. The summed E-state index contributed by atoms with van der Waals surface area (Å²) in [6.45, 7) is 1.86. The summed E-state index contributed by atoms with van der Waals surface area (Å²) in [7, 11) is -3.37. The standard InChI is InChI=1S/C18H19NO4S/c1-13-7-5-6-10-15(13)19(16-11-24(22,23)12-17(16)20)18(21)14-8-3-2-4-9-14/h2-10,16-17,20H,11-12H2,1H3. The number of sulfone groups is 1. The number of aliphatic hydroxyl groups excluding tert-OH is 1. The average molecular weight is 345 g/mol. The van der Waals surface area contributed by atoms with Crippen molar-refractivity contribution in [1.82, 2.24) is 0 Å². The summed E-state index contributed by atoms with van der Waals surface area (Å²) in [5.74, 6) is -0.866. The third-order valence-corrected chi connectivity index (χ3v) is 5.94. The highest BCUT2D eigenvalue weighted by Crippen LogP contribution is 2.29. The number of anilines is 1. The van der Waals surface area contributed by atoms with E-state index in [9.17, 15) is 18.3 Å². The number of hydrogen-bond acceptors (Lipinski definition) is 4. The molecule has 3 rings (SSSR count). The fourth-order valence-corrected chi connectivity index (χ4v) is 4.82. The first-order valence-electron chi connectivity index (χ1n) is 7.72. The minimum absolute atomic E-state index is 0.235. The lowest BCUT2D eigenvalue weighted by atomic mass is 10.1. The molecule has 1 N–H and O–H groups in total. The molecule has 1 fully saturated rings. The van der Waals surface area contributed by atoms with Crippen LogP contribution in [-0.4, -0.2) is 43.1 Å². The van der Waals surface area contributed by atoms with Crippen molar-refractivity contribution < 1.29 is 18.3 Å². The van der Waals surface area contributed by atoms with Crippen molar-refractivity contribution in [3.8, 4) is 0 Å². The van der Waals surface area contributed by atoms with Gasteiger partial charge in [-0.15, -0.1) is 0 Å². The Morgan fingerprint density at radius 3 is 2.25 bits per heavy atom. The van der Waals surface area contributed by atoms with Crippen LogP contribution in [0, 0.1) is 6.92 Å². The number of aryl methyl sites for hydroxylation is 1. The molecular weight excluding hydrogens is 326 g/mol. The van der Waals surface area contributed by atoms with Crippen molar-refractivity contribution in [3.63, 3.8) is 0 Å². The van der Waals surface area contributed by atoms with E-state index in [4.69, 9.17) is 0 Å². The molecule has 24 heavy (non-hydrogen) atoms. The van der Waals surface area contributed by atoms with Crippen molar-refractivity contribution in [3.05, 3.63) is 65.7 Å². The molecule has 6 heteroatoms. The van der Waals surface area contributed by atoms with Crippen LogP contribution in [0.3, 0.4) is 0 Å². The van der Waals surface area contributed by atoms with Crippen LogP contribution >= 0.6 is 0 Å². The smallest absolute Gasteiger partial charge is 0.258 e. The minimum Gasteiger partial charge on any atom is -0.390 e. The van der Waals surface area contributed by atoms with E-state index in [-0.39, 0.29) is 17.4 Å². The van der Waals surface area contributed by atoms with Crippen LogP contribution in [0.25, 0.3) is 0 Å². The highest BCUT2D eigenvalue weighted by atomic mass is 32.2. The largest absolute Gasteiger partial charge is 0.390 e. The number of amides is 1. The van der Waals surface area contributed by atoms with E-state index in [0.29, 0.717) is 11.3 Å². The van der Waals surface area contributed by atoms with Crippen molar-refractivity contribution in [2.75, 3.05) is 16.4 Å². The Balaban J connectivity index is 2.09. The molecule has 2 aromatic carbocycles. The highest BCUT2D eigenvalue weighted by molar-refractivity contribution is 7.91. The molecule has 0 bridgehead atoms. The molecule has 1 aliphatic rings. The Morgan fingerprint density at radius 1 is 1.04 bits per heavy atom. The van der Waals surface area contributed by atoms with Crippen LogP contribution in [0.1, 0.15) is 15.9 Å². The number of nitrogens with zero attached hydrogens (tertiary/aromatic N) is 1. The second kappa shape index (κ2) is 6.37.